The first kappa shape index (κ1) is 15.2. The van der Waals surface area contributed by atoms with E-state index in [9.17, 15) is 14.7 Å². The minimum atomic E-state index is -1.28. The predicted molar refractivity (Wildman–Crippen MR) is 83.2 cm³/mol. The van der Waals surface area contributed by atoms with E-state index in [0.29, 0.717) is 29.8 Å². The molecule has 1 atom stereocenters. The average Bonchev–Trinajstić information content (AvgIpc) is 2.80. The lowest BCUT2D eigenvalue weighted by Gasteiger charge is -2.27. The fourth-order valence-corrected chi connectivity index (χ4v) is 3.06. The number of aliphatic hydroxyl groups is 1. The normalized spacial score (nSPS) is 22.0. The molecule has 1 saturated heterocycles. The van der Waals surface area contributed by atoms with Gasteiger partial charge in [-0.3, -0.25) is 4.79 Å². The third-order valence-corrected chi connectivity index (χ3v) is 4.48. The molecule has 0 radical (unpaired) electrons. The van der Waals surface area contributed by atoms with Crippen LogP contribution in [0.4, 0.5) is 0 Å². The minimum absolute atomic E-state index is 0.0135. The molecular weight excluding hydrogens is 352 g/mol. The molecule has 7 heteroatoms. The summed E-state index contributed by atoms with van der Waals surface area (Å²) in [5.41, 5.74) is 1.61. The van der Waals surface area contributed by atoms with Gasteiger partial charge in [0, 0.05) is 37.3 Å². The first-order valence-corrected chi connectivity index (χ1v) is 7.76. The van der Waals surface area contributed by atoms with Crippen molar-refractivity contribution >= 4 is 33.4 Å². The van der Waals surface area contributed by atoms with Crippen molar-refractivity contribution in [2.75, 3.05) is 26.2 Å². The first-order valence-electron chi connectivity index (χ1n) is 6.97. The number of nitrogens with zero attached hydrogens (tertiary/aromatic N) is 1. The first-order chi connectivity index (χ1) is 10.6. The topological polar surface area (TPSA) is 78.9 Å². The highest BCUT2D eigenvalue weighted by Crippen LogP contribution is 2.33. The molecule has 1 fully saturated rings. The van der Waals surface area contributed by atoms with E-state index < -0.39 is 12.3 Å². The van der Waals surface area contributed by atoms with Crippen molar-refractivity contribution < 1.29 is 19.4 Å². The molecule has 2 aliphatic rings. The number of esters is 1. The number of benzene rings is 1. The van der Waals surface area contributed by atoms with Crippen molar-refractivity contribution in [2.45, 2.75) is 6.29 Å². The van der Waals surface area contributed by atoms with Gasteiger partial charge in [0.15, 0.2) is 0 Å². The van der Waals surface area contributed by atoms with Crippen LogP contribution in [0.3, 0.4) is 0 Å². The van der Waals surface area contributed by atoms with Gasteiger partial charge in [0.2, 0.25) is 6.29 Å². The van der Waals surface area contributed by atoms with Crippen LogP contribution in [0.5, 0.6) is 0 Å². The molecule has 0 aliphatic carbocycles. The van der Waals surface area contributed by atoms with E-state index in [1.807, 2.05) is 0 Å². The Balaban J connectivity index is 1.81. The van der Waals surface area contributed by atoms with Crippen LogP contribution >= 0.6 is 15.9 Å². The monoisotopic (exact) mass is 366 g/mol. The van der Waals surface area contributed by atoms with E-state index in [1.54, 1.807) is 29.2 Å². The van der Waals surface area contributed by atoms with Gasteiger partial charge in [0.05, 0.1) is 0 Å². The quantitative estimate of drug-likeness (QED) is 0.753. The SMILES string of the molecule is O=C1OC(O)C(c2ccc(C(=O)N3CCNCC3)cc2)=C1Br. The lowest BCUT2D eigenvalue weighted by molar-refractivity contribution is -0.149. The molecule has 0 saturated carbocycles. The van der Waals surface area contributed by atoms with Crippen molar-refractivity contribution in [1.29, 1.82) is 0 Å². The number of aliphatic hydroxyl groups excluding tert-OH is 1. The van der Waals surface area contributed by atoms with Gasteiger partial charge >= 0.3 is 5.97 Å². The highest BCUT2D eigenvalue weighted by atomic mass is 79.9. The maximum atomic E-state index is 12.4. The standard InChI is InChI=1S/C15H15BrN2O4/c16-12-11(14(20)22-15(12)21)9-1-3-10(4-2-9)13(19)18-7-5-17-6-8-18/h1-4,14,17,20H,5-8H2. The highest BCUT2D eigenvalue weighted by Gasteiger charge is 2.32. The number of rotatable bonds is 2. The zero-order chi connectivity index (χ0) is 15.7. The van der Waals surface area contributed by atoms with Gasteiger partial charge in [0.1, 0.15) is 4.48 Å². The summed E-state index contributed by atoms with van der Waals surface area (Å²) < 4.78 is 4.94. The second-order valence-electron chi connectivity index (χ2n) is 5.10. The smallest absolute Gasteiger partial charge is 0.348 e. The molecule has 0 bridgehead atoms. The number of nitrogens with one attached hydrogen (secondary N) is 1. The number of carbonyl (C=O) groups is 2. The Morgan fingerprint density at radius 2 is 1.91 bits per heavy atom. The molecule has 3 rings (SSSR count). The van der Waals surface area contributed by atoms with E-state index >= 15 is 0 Å². The van der Waals surface area contributed by atoms with Crippen LogP contribution in [0.15, 0.2) is 28.7 Å². The molecule has 2 heterocycles. The Kier molecular flexibility index (Phi) is 4.28. The van der Waals surface area contributed by atoms with E-state index in [1.165, 1.54) is 0 Å². The van der Waals surface area contributed by atoms with Crippen molar-refractivity contribution in [3.8, 4) is 0 Å². The molecule has 1 aromatic carbocycles. The lowest BCUT2D eigenvalue weighted by Crippen LogP contribution is -2.46. The summed E-state index contributed by atoms with van der Waals surface area (Å²) >= 11 is 3.12. The number of amides is 1. The predicted octanol–water partition coefficient (Wildman–Crippen LogP) is 0.713. The minimum Gasteiger partial charge on any atom is -0.427 e. The van der Waals surface area contributed by atoms with Gasteiger partial charge in [-0.05, 0) is 33.6 Å². The molecular formula is C15H15BrN2O4. The Labute approximate surface area is 135 Å². The third-order valence-electron chi connectivity index (χ3n) is 3.73. The van der Waals surface area contributed by atoms with Crippen LogP contribution < -0.4 is 5.32 Å². The summed E-state index contributed by atoms with van der Waals surface area (Å²) in [5, 5.41) is 13.0. The molecule has 116 valence electrons. The van der Waals surface area contributed by atoms with Crippen LogP contribution in [0.25, 0.3) is 5.57 Å². The average molecular weight is 367 g/mol. The van der Waals surface area contributed by atoms with E-state index in [4.69, 9.17) is 4.74 Å². The molecule has 2 aliphatic heterocycles. The van der Waals surface area contributed by atoms with E-state index in [2.05, 4.69) is 21.2 Å². The maximum Gasteiger partial charge on any atom is 0.348 e. The van der Waals surface area contributed by atoms with Crippen LogP contribution in [0.1, 0.15) is 15.9 Å². The summed E-state index contributed by atoms with van der Waals surface area (Å²) in [6, 6.07) is 6.80. The van der Waals surface area contributed by atoms with Gasteiger partial charge in [0.25, 0.3) is 5.91 Å². The second kappa shape index (κ2) is 6.20. The number of ether oxygens (including phenoxy) is 1. The van der Waals surface area contributed by atoms with E-state index in [0.717, 1.165) is 13.1 Å². The fraction of sp³-hybridized carbons (Fsp3) is 0.333. The highest BCUT2D eigenvalue weighted by molar-refractivity contribution is 9.12. The van der Waals surface area contributed by atoms with Crippen LogP contribution in [-0.2, 0) is 9.53 Å². The third kappa shape index (κ3) is 2.79. The second-order valence-corrected chi connectivity index (χ2v) is 5.90. The van der Waals surface area contributed by atoms with Gasteiger partial charge in [-0.15, -0.1) is 0 Å². The molecule has 1 unspecified atom stereocenters. The summed E-state index contributed by atoms with van der Waals surface area (Å²) in [6.07, 6.45) is -1.28. The molecule has 6 nitrogen and oxygen atoms in total. The number of cyclic esters (lactones) is 1. The van der Waals surface area contributed by atoms with Crippen molar-refractivity contribution in [1.82, 2.24) is 10.2 Å². The van der Waals surface area contributed by atoms with Gasteiger partial charge < -0.3 is 20.1 Å². The van der Waals surface area contributed by atoms with Crippen molar-refractivity contribution in [3.63, 3.8) is 0 Å². The van der Waals surface area contributed by atoms with Crippen LogP contribution in [-0.4, -0.2) is 54.4 Å². The van der Waals surface area contributed by atoms with Gasteiger partial charge in [-0.25, -0.2) is 4.79 Å². The maximum absolute atomic E-state index is 12.4. The zero-order valence-electron chi connectivity index (χ0n) is 11.7. The Hall–Kier alpha value is -1.70. The Bertz CT molecular complexity index is 635. The number of halogens is 1. The van der Waals surface area contributed by atoms with Crippen molar-refractivity contribution in [3.05, 3.63) is 39.9 Å². The van der Waals surface area contributed by atoms with Crippen molar-refractivity contribution in [2.24, 2.45) is 0 Å². The summed E-state index contributed by atoms with van der Waals surface area (Å²) in [5.74, 6) is -0.608. The summed E-state index contributed by atoms with van der Waals surface area (Å²) in [6.45, 7) is 2.99. The fourth-order valence-electron chi connectivity index (χ4n) is 2.54. The molecule has 2 N–H and O–H groups in total. The van der Waals surface area contributed by atoms with Gasteiger partial charge in [-0.1, -0.05) is 12.1 Å². The van der Waals surface area contributed by atoms with Crippen LogP contribution in [0, 0.1) is 0 Å². The summed E-state index contributed by atoms with van der Waals surface area (Å²) in [7, 11) is 0. The molecule has 22 heavy (non-hydrogen) atoms. The van der Waals surface area contributed by atoms with E-state index in [-0.39, 0.29) is 10.4 Å². The lowest BCUT2D eigenvalue weighted by atomic mass is 10.0. The summed E-state index contributed by atoms with van der Waals surface area (Å²) in [4.78, 5) is 25.6. The van der Waals surface area contributed by atoms with Gasteiger partial charge in [-0.2, -0.15) is 0 Å². The Morgan fingerprint density at radius 3 is 2.45 bits per heavy atom. The largest absolute Gasteiger partial charge is 0.427 e. The Morgan fingerprint density at radius 1 is 1.27 bits per heavy atom. The molecule has 1 aromatic rings. The molecule has 0 spiro atoms. The molecule has 0 aromatic heterocycles. The number of hydrogen-bond donors (Lipinski definition) is 2. The number of carbonyl (C=O) groups excluding carboxylic acids is 2. The number of piperazine rings is 1. The van der Waals surface area contributed by atoms with Crippen LogP contribution in [0.2, 0.25) is 0 Å². The zero-order valence-corrected chi connectivity index (χ0v) is 13.3. The number of hydrogen-bond acceptors (Lipinski definition) is 5. The molecule has 1 amide bonds.